The van der Waals surface area contributed by atoms with Crippen molar-refractivity contribution in [1.29, 1.82) is 0 Å². The summed E-state index contributed by atoms with van der Waals surface area (Å²) in [6, 6.07) is 0.617. The summed E-state index contributed by atoms with van der Waals surface area (Å²) in [4.78, 5) is 12.5. The van der Waals surface area contributed by atoms with Gasteiger partial charge in [0.1, 0.15) is 0 Å². The van der Waals surface area contributed by atoms with Gasteiger partial charge < -0.3 is 15.3 Å². The number of rotatable bonds is 1. The van der Waals surface area contributed by atoms with Crippen molar-refractivity contribution in [2.75, 3.05) is 13.1 Å². The molecule has 2 N–H and O–H groups in total. The van der Waals surface area contributed by atoms with Gasteiger partial charge in [0.2, 0.25) is 0 Å². The Balaban J connectivity index is 2.12. The van der Waals surface area contributed by atoms with Gasteiger partial charge in [-0.15, -0.1) is 0 Å². The molecule has 0 radical (unpaired) electrons. The van der Waals surface area contributed by atoms with Crippen LogP contribution in [0, 0.1) is 5.92 Å². The first kappa shape index (κ1) is 8.81. The Morgan fingerprint density at radius 1 is 1.69 bits per heavy atom. The van der Waals surface area contributed by atoms with Crippen molar-refractivity contribution in [2.45, 2.75) is 31.8 Å². The molecule has 2 heterocycles. The Labute approximate surface area is 77.9 Å². The molecule has 1 amide bonds. The molecule has 1 unspecified atom stereocenters. The van der Waals surface area contributed by atoms with Crippen molar-refractivity contribution in [3.8, 4) is 0 Å². The molecule has 4 heteroatoms. The number of amides is 1. The molecule has 4 nitrogen and oxygen atoms in total. The van der Waals surface area contributed by atoms with Crippen LogP contribution in [-0.4, -0.2) is 41.3 Å². The third-order valence-corrected chi connectivity index (χ3v) is 3.31. The van der Waals surface area contributed by atoms with Crippen molar-refractivity contribution in [3.63, 3.8) is 0 Å². The van der Waals surface area contributed by atoms with E-state index in [1.165, 1.54) is 0 Å². The van der Waals surface area contributed by atoms with Crippen LogP contribution in [0.5, 0.6) is 0 Å². The molecule has 0 bridgehead atoms. The molecule has 2 aliphatic rings. The third kappa shape index (κ3) is 1.29. The van der Waals surface area contributed by atoms with E-state index in [1.54, 1.807) is 4.90 Å². The van der Waals surface area contributed by atoms with Crippen molar-refractivity contribution in [1.82, 2.24) is 10.2 Å². The van der Waals surface area contributed by atoms with Gasteiger partial charge >= 0.3 is 6.09 Å². The molecule has 0 saturated carbocycles. The van der Waals surface area contributed by atoms with E-state index in [4.69, 9.17) is 5.11 Å². The van der Waals surface area contributed by atoms with E-state index in [9.17, 15) is 4.79 Å². The van der Waals surface area contributed by atoms with Crippen LogP contribution in [0.2, 0.25) is 0 Å². The predicted octanol–water partition coefficient (Wildman–Crippen LogP) is 0.737. The molecule has 3 atom stereocenters. The maximum atomic E-state index is 10.9. The van der Waals surface area contributed by atoms with Gasteiger partial charge in [-0.1, -0.05) is 6.92 Å². The molecule has 2 rings (SSSR count). The first-order valence-electron chi connectivity index (χ1n) is 4.97. The van der Waals surface area contributed by atoms with Crippen LogP contribution < -0.4 is 5.32 Å². The fraction of sp³-hybridized carbons (Fsp3) is 0.889. The first-order chi connectivity index (χ1) is 6.24. The zero-order chi connectivity index (χ0) is 9.42. The minimum absolute atomic E-state index is 0.199. The number of hydrogen-bond acceptors (Lipinski definition) is 2. The summed E-state index contributed by atoms with van der Waals surface area (Å²) in [6.45, 7) is 3.84. The molecule has 13 heavy (non-hydrogen) atoms. The second-order valence-electron chi connectivity index (χ2n) is 3.94. The molecular weight excluding hydrogens is 168 g/mol. The number of nitrogens with zero attached hydrogens (tertiary/aromatic N) is 1. The highest BCUT2D eigenvalue weighted by Crippen LogP contribution is 2.31. The van der Waals surface area contributed by atoms with E-state index in [2.05, 4.69) is 12.2 Å². The second-order valence-corrected chi connectivity index (χ2v) is 3.94. The van der Waals surface area contributed by atoms with Crippen LogP contribution >= 0.6 is 0 Å². The summed E-state index contributed by atoms with van der Waals surface area (Å²) in [5, 5.41) is 12.4. The summed E-state index contributed by atoms with van der Waals surface area (Å²) in [5.41, 5.74) is 0. The van der Waals surface area contributed by atoms with Gasteiger partial charge in [0.05, 0.1) is 6.04 Å². The Morgan fingerprint density at radius 3 is 3.08 bits per heavy atom. The largest absolute Gasteiger partial charge is 0.465 e. The molecule has 0 aliphatic carbocycles. The van der Waals surface area contributed by atoms with Crippen molar-refractivity contribution >= 4 is 6.09 Å². The minimum atomic E-state index is -0.761. The van der Waals surface area contributed by atoms with E-state index in [0.717, 1.165) is 25.9 Å². The van der Waals surface area contributed by atoms with Gasteiger partial charge in [-0.05, 0) is 25.3 Å². The molecule has 2 saturated heterocycles. The molecule has 0 aromatic rings. The SMILES string of the molecule is CCC1[C@@H]2NCC[C@@H]2CN1C(=O)O. The fourth-order valence-electron chi connectivity index (χ4n) is 2.71. The summed E-state index contributed by atoms with van der Waals surface area (Å²) >= 11 is 0. The molecule has 0 aromatic carbocycles. The first-order valence-corrected chi connectivity index (χ1v) is 4.97. The third-order valence-electron chi connectivity index (χ3n) is 3.31. The Morgan fingerprint density at radius 2 is 2.46 bits per heavy atom. The zero-order valence-corrected chi connectivity index (χ0v) is 7.86. The van der Waals surface area contributed by atoms with Crippen LogP contribution in [-0.2, 0) is 0 Å². The molecule has 0 spiro atoms. The van der Waals surface area contributed by atoms with Crippen LogP contribution in [0.25, 0.3) is 0 Å². The maximum absolute atomic E-state index is 10.9. The Kier molecular flexibility index (Phi) is 2.15. The van der Waals surface area contributed by atoms with E-state index >= 15 is 0 Å². The maximum Gasteiger partial charge on any atom is 0.407 e. The molecule has 2 aliphatic heterocycles. The van der Waals surface area contributed by atoms with Crippen molar-refractivity contribution < 1.29 is 9.90 Å². The van der Waals surface area contributed by atoms with E-state index in [-0.39, 0.29) is 6.04 Å². The van der Waals surface area contributed by atoms with Crippen molar-refractivity contribution in [3.05, 3.63) is 0 Å². The standard InChI is InChI=1S/C9H16N2O2/c1-2-7-8-6(3-4-10-8)5-11(7)9(12)13/h6-8,10H,2-5H2,1H3,(H,12,13)/t6-,7?,8-/m1/s1. The molecular formula is C9H16N2O2. The van der Waals surface area contributed by atoms with Gasteiger partial charge in [0.15, 0.2) is 0 Å². The normalized spacial score (nSPS) is 37.9. The average molecular weight is 184 g/mol. The van der Waals surface area contributed by atoms with Gasteiger partial charge in [0.25, 0.3) is 0 Å². The quantitative estimate of drug-likeness (QED) is 0.632. The predicted molar refractivity (Wildman–Crippen MR) is 48.7 cm³/mol. The van der Waals surface area contributed by atoms with Gasteiger partial charge in [-0.2, -0.15) is 0 Å². The van der Waals surface area contributed by atoms with Gasteiger partial charge in [0, 0.05) is 12.6 Å². The Hall–Kier alpha value is -0.770. The number of fused-ring (bicyclic) bond motifs is 1. The molecule has 0 aromatic heterocycles. The van der Waals surface area contributed by atoms with Crippen LogP contribution in [0.15, 0.2) is 0 Å². The molecule has 74 valence electrons. The number of hydrogen-bond donors (Lipinski definition) is 2. The van der Waals surface area contributed by atoms with Crippen LogP contribution in [0.4, 0.5) is 4.79 Å². The molecule has 2 fully saturated rings. The lowest BCUT2D eigenvalue weighted by atomic mass is 9.99. The summed E-state index contributed by atoms with van der Waals surface area (Å²) < 4.78 is 0. The summed E-state index contributed by atoms with van der Waals surface area (Å²) in [7, 11) is 0. The van der Waals surface area contributed by atoms with Crippen LogP contribution in [0.3, 0.4) is 0 Å². The van der Waals surface area contributed by atoms with Crippen LogP contribution in [0.1, 0.15) is 19.8 Å². The van der Waals surface area contributed by atoms with Gasteiger partial charge in [-0.25, -0.2) is 4.79 Å². The summed E-state index contributed by atoms with van der Waals surface area (Å²) in [5.74, 6) is 0.557. The van der Waals surface area contributed by atoms with E-state index < -0.39 is 6.09 Å². The number of likely N-dealkylation sites (tertiary alicyclic amines) is 1. The number of nitrogens with one attached hydrogen (secondary N) is 1. The van der Waals surface area contributed by atoms with E-state index in [0.29, 0.717) is 12.0 Å². The highest BCUT2D eigenvalue weighted by atomic mass is 16.4. The number of carbonyl (C=O) groups is 1. The average Bonchev–Trinajstić information content (AvgIpc) is 2.60. The lowest BCUT2D eigenvalue weighted by Crippen LogP contribution is -2.43. The lowest BCUT2D eigenvalue weighted by molar-refractivity contribution is 0.134. The highest BCUT2D eigenvalue weighted by molar-refractivity contribution is 5.66. The highest BCUT2D eigenvalue weighted by Gasteiger charge is 2.44. The fourth-order valence-corrected chi connectivity index (χ4v) is 2.71. The Bertz CT molecular complexity index is 220. The topological polar surface area (TPSA) is 52.6 Å². The van der Waals surface area contributed by atoms with Crippen molar-refractivity contribution in [2.24, 2.45) is 5.92 Å². The monoisotopic (exact) mass is 184 g/mol. The summed E-state index contributed by atoms with van der Waals surface area (Å²) in [6.07, 6.45) is 1.29. The van der Waals surface area contributed by atoms with Gasteiger partial charge in [-0.3, -0.25) is 0 Å². The zero-order valence-electron chi connectivity index (χ0n) is 7.86. The minimum Gasteiger partial charge on any atom is -0.465 e. The lowest BCUT2D eigenvalue weighted by Gasteiger charge is -2.24. The van der Waals surface area contributed by atoms with E-state index in [1.807, 2.05) is 0 Å². The smallest absolute Gasteiger partial charge is 0.407 e. The number of carboxylic acid groups (broad SMARTS) is 1. The second kappa shape index (κ2) is 3.18.